The van der Waals surface area contributed by atoms with Crippen LogP contribution in [0.2, 0.25) is 0 Å². The van der Waals surface area contributed by atoms with Crippen molar-refractivity contribution in [2.24, 2.45) is 0 Å². The minimum atomic E-state index is -1.15. The molecule has 0 radical (unpaired) electrons. The number of hydrogen-bond acceptors (Lipinski definition) is 3. The van der Waals surface area contributed by atoms with E-state index in [1.807, 2.05) is 6.07 Å². The summed E-state index contributed by atoms with van der Waals surface area (Å²) in [4.78, 5) is 21.2. The number of carbonyl (C=O) groups is 2. The molecule has 1 rings (SSSR count). The molecule has 1 aromatic rings. The lowest BCUT2D eigenvalue weighted by molar-refractivity contribution is 0.0697. The van der Waals surface area contributed by atoms with Crippen LogP contribution in [0.3, 0.4) is 0 Å². The quantitative estimate of drug-likeness (QED) is 0.713. The number of nitrogens with zero attached hydrogens (tertiary/aromatic N) is 1. The van der Waals surface area contributed by atoms with E-state index in [2.05, 4.69) is 0 Å². The van der Waals surface area contributed by atoms with Crippen molar-refractivity contribution in [1.29, 1.82) is 5.26 Å². The van der Waals surface area contributed by atoms with Crippen LogP contribution in [-0.2, 0) is 0 Å². The molecule has 1 aromatic carbocycles. The molecule has 0 spiro atoms. The van der Waals surface area contributed by atoms with Gasteiger partial charge >= 0.3 is 5.97 Å². The first-order valence-electron chi connectivity index (χ1n) is 3.83. The van der Waals surface area contributed by atoms with Crippen LogP contribution in [0.15, 0.2) is 12.1 Å². The molecule has 0 saturated carbocycles. The summed E-state index contributed by atoms with van der Waals surface area (Å²) in [5.74, 6) is -1.15. The van der Waals surface area contributed by atoms with Crippen LogP contribution in [0.25, 0.3) is 0 Å². The zero-order valence-corrected chi connectivity index (χ0v) is 7.44. The third kappa shape index (κ3) is 1.62. The fraction of sp³-hybridized carbons (Fsp3) is 0.100. The van der Waals surface area contributed by atoms with Crippen LogP contribution in [0, 0.1) is 18.3 Å². The topological polar surface area (TPSA) is 78.2 Å². The van der Waals surface area contributed by atoms with Crippen molar-refractivity contribution in [1.82, 2.24) is 0 Å². The van der Waals surface area contributed by atoms with Crippen molar-refractivity contribution in [3.63, 3.8) is 0 Å². The van der Waals surface area contributed by atoms with Crippen molar-refractivity contribution in [2.75, 3.05) is 0 Å². The van der Waals surface area contributed by atoms with Gasteiger partial charge in [0.15, 0.2) is 0 Å². The highest BCUT2D eigenvalue weighted by molar-refractivity contribution is 5.91. The van der Waals surface area contributed by atoms with E-state index in [1.54, 1.807) is 6.92 Å². The number of carboxylic acids is 1. The average molecular weight is 189 g/mol. The summed E-state index contributed by atoms with van der Waals surface area (Å²) in [7, 11) is 0. The van der Waals surface area contributed by atoms with E-state index < -0.39 is 5.97 Å². The molecule has 4 nitrogen and oxygen atoms in total. The van der Waals surface area contributed by atoms with Gasteiger partial charge in [-0.2, -0.15) is 5.26 Å². The molecular formula is C10H7NO3. The first-order valence-corrected chi connectivity index (χ1v) is 3.83. The SMILES string of the molecule is Cc1c(C#N)cc(C(=O)O)cc1C=O. The van der Waals surface area contributed by atoms with Crippen LogP contribution in [0.5, 0.6) is 0 Å². The van der Waals surface area contributed by atoms with Gasteiger partial charge in [-0.3, -0.25) is 4.79 Å². The molecular weight excluding hydrogens is 182 g/mol. The third-order valence-corrected chi connectivity index (χ3v) is 1.94. The van der Waals surface area contributed by atoms with Crippen molar-refractivity contribution >= 4 is 12.3 Å². The molecule has 70 valence electrons. The second kappa shape index (κ2) is 3.71. The number of aromatic carboxylic acids is 1. The van der Waals surface area contributed by atoms with Gasteiger partial charge in [0.25, 0.3) is 0 Å². The van der Waals surface area contributed by atoms with Crippen LogP contribution in [-0.4, -0.2) is 17.4 Å². The van der Waals surface area contributed by atoms with Crippen LogP contribution in [0.1, 0.15) is 31.8 Å². The number of nitriles is 1. The molecule has 14 heavy (non-hydrogen) atoms. The highest BCUT2D eigenvalue weighted by Crippen LogP contribution is 2.14. The Bertz CT molecular complexity index is 443. The maximum Gasteiger partial charge on any atom is 0.335 e. The number of benzene rings is 1. The molecule has 0 bridgehead atoms. The Hall–Kier alpha value is -2.15. The van der Waals surface area contributed by atoms with Gasteiger partial charge in [-0.15, -0.1) is 0 Å². The summed E-state index contributed by atoms with van der Waals surface area (Å²) >= 11 is 0. The summed E-state index contributed by atoms with van der Waals surface area (Å²) < 4.78 is 0. The molecule has 0 amide bonds. The van der Waals surface area contributed by atoms with Gasteiger partial charge in [0.1, 0.15) is 6.29 Å². The van der Waals surface area contributed by atoms with Crippen LogP contribution >= 0.6 is 0 Å². The first-order chi connectivity index (χ1) is 6.60. The van der Waals surface area contributed by atoms with Gasteiger partial charge in [-0.1, -0.05) is 0 Å². The Balaban J connectivity index is 3.49. The largest absolute Gasteiger partial charge is 0.478 e. The summed E-state index contributed by atoms with van der Waals surface area (Å²) in [6.07, 6.45) is 0.544. The lowest BCUT2D eigenvalue weighted by Crippen LogP contribution is -2.01. The summed E-state index contributed by atoms with van der Waals surface area (Å²) in [5.41, 5.74) is 0.912. The van der Waals surface area contributed by atoms with Crippen molar-refractivity contribution in [3.05, 3.63) is 34.4 Å². The Morgan fingerprint density at radius 1 is 1.57 bits per heavy atom. The summed E-state index contributed by atoms with van der Waals surface area (Å²) in [5, 5.41) is 17.4. The van der Waals surface area contributed by atoms with E-state index in [4.69, 9.17) is 10.4 Å². The molecule has 4 heteroatoms. The molecule has 0 aliphatic heterocycles. The summed E-state index contributed by atoms with van der Waals surface area (Å²) in [6, 6.07) is 4.35. The van der Waals surface area contributed by atoms with Gasteiger partial charge in [-0.25, -0.2) is 4.79 Å². The minimum Gasteiger partial charge on any atom is -0.478 e. The maximum absolute atomic E-state index is 10.6. The fourth-order valence-corrected chi connectivity index (χ4v) is 1.10. The van der Waals surface area contributed by atoms with E-state index in [1.165, 1.54) is 12.1 Å². The van der Waals surface area contributed by atoms with E-state index in [9.17, 15) is 9.59 Å². The van der Waals surface area contributed by atoms with Crippen LogP contribution < -0.4 is 0 Å². The monoisotopic (exact) mass is 189 g/mol. The van der Waals surface area contributed by atoms with Gasteiger partial charge in [0.05, 0.1) is 17.2 Å². The van der Waals surface area contributed by atoms with Gasteiger partial charge in [-0.05, 0) is 24.6 Å². The molecule has 0 aromatic heterocycles. The zero-order chi connectivity index (χ0) is 10.7. The molecule has 0 aliphatic carbocycles. The average Bonchev–Trinajstić information content (AvgIpc) is 2.17. The van der Waals surface area contributed by atoms with Crippen molar-refractivity contribution in [3.8, 4) is 6.07 Å². The predicted molar refractivity (Wildman–Crippen MR) is 48.2 cm³/mol. The van der Waals surface area contributed by atoms with Crippen molar-refractivity contribution in [2.45, 2.75) is 6.92 Å². The predicted octanol–water partition coefficient (Wildman–Crippen LogP) is 1.38. The smallest absolute Gasteiger partial charge is 0.335 e. The normalized spacial score (nSPS) is 9.14. The Labute approximate surface area is 80.4 Å². The molecule has 0 atom stereocenters. The van der Waals surface area contributed by atoms with Gasteiger partial charge in [0.2, 0.25) is 0 Å². The lowest BCUT2D eigenvalue weighted by Gasteiger charge is -2.02. The lowest BCUT2D eigenvalue weighted by atomic mass is 10.0. The zero-order valence-electron chi connectivity index (χ0n) is 7.44. The maximum atomic E-state index is 10.6. The fourth-order valence-electron chi connectivity index (χ4n) is 1.10. The van der Waals surface area contributed by atoms with E-state index in [0.29, 0.717) is 11.8 Å². The highest BCUT2D eigenvalue weighted by atomic mass is 16.4. The number of rotatable bonds is 2. The Kier molecular flexibility index (Phi) is 2.63. The van der Waals surface area contributed by atoms with E-state index >= 15 is 0 Å². The number of aldehydes is 1. The first kappa shape index (κ1) is 9.93. The third-order valence-electron chi connectivity index (χ3n) is 1.94. The number of carbonyl (C=O) groups excluding carboxylic acids is 1. The Morgan fingerprint density at radius 2 is 2.21 bits per heavy atom. The molecule has 0 saturated heterocycles. The van der Waals surface area contributed by atoms with Gasteiger partial charge < -0.3 is 5.11 Å². The summed E-state index contributed by atoms with van der Waals surface area (Å²) in [6.45, 7) is 1.61. The van der Waals surface area contributed by atoms with Crippen molar-refractivity contribution < 1.29 is 14.7 Å². The Morgan fingerprint density at radius 3 is 2.64 bits per heavy atom. The number of carboxylic acid groups (broad SMARTS) is 1. The molecule has 0 unspecified atom stereocenters. The minimum absolute atomic E-state index is 0.0470. The molecule has 1 N–H and O–H groups in total. The standard InChI is InChI=1S/C10H7NO3/c1-6-8(4-11)2-7(10(13)14)3-9(6)5-12/h2-3,5H,1H3,(H,13,14). The van der Waals surface area contributed by atoms with E-state index in [-0.39, 0.29) is 16.7 Å². The second-order valence-electron chi connectivity index (χ2n) is 2.77. The molecule has 0 heterocycles. The molecule has 0 fully saturated rings. The van der Waals surface area contributed by atoms with Crippen LogP contribution in [0.4, 0.5) is 0 Å². The van der Waals surface area contributed by atoms with E-state index in [0.717, 1.165) is 0 Å². The number of hydrogen-bond donors (Lipinski definition) is 1. The second-order valence-corrected chi connectivity index (χ2v) is 2.77. The highest BCUT2D eigenvalue weighted by Gasteiger charge is 2.10. The molecule has 0 aliphatic rings. The van der Waals surface area contributed by atoms with Gasteiger partial charge in [0, 0.05) is 5.56 Å².